The predicted octanol–water partition coefficient (Wildman–Crippen LogP) is 3.27. The average Bonchev–Trinajstić information content (AvgIpc) is 2.20. The molecule has 0 aliphatic carbocycles. The Labute approximate surface area is 92.8 Å². The van der Waals surface area contributed by atoms with E-state index in [0.29, 0.717) is 15.6 Å². The molecule has 0 aliphatic heterocycles. The summed E-state index contributed by atoms with van der Waals surface area (Å²) >= 11 is 11.8. The summed E-state index contributed by atoms with van der Waals surface area (Å²) in [5, 5.41) is 0.854. The Kier molecular flexibility index (Phi) is 3.78. The summed E-state index contributed by atoms with van der Waals surface area (Å²) in [6.07, 6.45) is 0. The van der Waals surface area contributed by atoms with Crippen molar-refractivity contribution in [2.75, 3.05) is 7.11 Å². The molecule has 1 aromatic carbocycles. The summed E-state index contributed by atoms with van der Waals surface area (Å²) in [4.78, 5) is 11.3. The van der Waals surface area contributed by atoms with Crippen molar-refractivity contribution >= 4 is 29.2 Å². The molecule has 1 unspecified atom stereocenters. The quantitative estimate of drug-likeness (QED) is 0.732. The van der Waals surface area contributed by atoms with E-state index >= 15 is 0 Å². The van der Waals surface area contributed by atoms with E-state index in [1.54, 1.807) is 25.1 Å². The van der Waals surface area contributed by atoms with Gasteiger partial charge in [-0.25, -0.2) is 0 Å². The van der Waals surface area contributed by atoms with Crippen LogP contribution in [0.3, 0.4) is 0 Å². The van der Waals surface area contributed by atoms with E-state index in [2.05, 4.69) is 4.74 Å². The van der Waals surface area contributed by atoms with Crippen LogP contribution < -0.4 is 0 Å². The van der Waals surface area contributed by atoms with Crippen LogP contribution in [0.15, 0.2) is 18.2 Å². The number of hydrogen-bond donors (Lipinski definition) is 0. The monoisotopic (exact) mass is 232 g/mol. The van der Waals surface area contributed by atoms with E-state index in [0.717, 1.165) is 0 Å². The molecule has 76 valence electrons. The van der Waals surface area contributed by atoms with Crippen molar-refractivity contribution in [2.45, 2.75) is 12.8 Å². The van der Waals surface area contributed by atoms with Gasteiger partial charge in [0.25, 0.3) is 0 Å². The highest BCUT2D eigenvalue weighted by Gasteiger charge is 2.19. The predicted molar refractivity (Wildman–Crippen MR) is 56.9 cm³/mol. The summed E-state index contributed by atoms with van der Waals surface area (Å²) in [5.41, 5.74) is 0.686. The van der Waals surface area contributed by atoms with Gasteiger partial charge < -0.3 is 4.74 Å². The number of carbonyl (C=O) groups excluding carboxylic acids is 1. The molecular weight excluding hydrogens is 223 g/mol. The van der Waals surface area contributed by atoms with Gasteiger partial charge in [0, 0.05) is 0 Å². The van der Waals surface area contributed by atoms with E-state index < -0.39 is 5.92 Å². The minimum Gasteiger partial charge on any atom is -0.469 e. The van der Waals surface area contributed by atoms with Gasteiger partial charge in [0.15, 0.2) is 0 Å². The van der Waals surface area contributed by atoms with Crippen molar-refractivity contribution in [3.63, 3.8) is 0 Å². The maximum Gasteiger partial charge on any atom is 0.312 e. The average molecular weight is 233 g/mol. The Morgan fingerprint density at radius 2 is 2.07 bits per heavy atom. The van der Waals surface area contributed by atoms with Crippen LogP contribution in [0.4, 0.5) is 0 Å². The molecule has 2 nitrogen and oxygen atoms in total. The molecule has 0 heterocycles. The summed E-state index contributed by atoms with van der Waals surface area (Å²) in [6, 6.07) is 5.19. The second-order valence-corrected chi connectivity index (χ2v) is 3.67. The highest BCUT2D eigenvalue weighted by atomic mass is 35.5. The molecule has 14 heavy (non-hydrogen) atoms. The molecule has 0 aliphatic rings. The van der Waals surface area contributed by atoms with Crippen molar-refractivity contribution in [1.82, 2.24) is 0 Å². The van der Waals surface area contributed by atoms with Gasteiger partial charge >= 0.3 is 5.97 Å². The number of hydrogen-bond acceptors (Lipinski definition) is 2. The maximum absolute atomic E-state index is 11.3. The van der Waals surface area contributed by atoms with Crippen LogP contribution in [0, 0.1) is 0 Å². The summed E-state index contributed by atoms with van der Waals surface area (Å²) in [6.45, 7) is 1.73. The lowest BCUT2D eigenvalue weighted by Gasteiger charge is -2.11. The lowest BCUT2D eigenvalue weighted by Crippen LogP contribution is -2.11. The van der Waals surface area contributed by atoms with Gasteiger partial charge in [-0.1, -0.05) is 35.3 Å². The van der Waals surface area contributed by atoms with E-state index in [-0.39, 0.29) is 5.97 Å². The van der Waals surface area contributed by atoms with E-state index in [9.17, 15) is 4.79 Å². The van der Waals surface area contributed by atoms with Crippen LogP contribution in [0.2, 0.25) is 10.0 Å². The zero-order chi connectivity index (χ0) is 10.7. The first-order valence-electron chi connectivity index (χ1n) is 4.09. The first-order chi connectivity index (χ1) is 6.57. The maximum atomic E-state index is 11.3. The van der Waals surface area contributed by atoms with Gasteiger partial charge in [0.1, 0.15) is 0 Å². The van der Waals surface area contributed by atoms with Crippen LogP contribution >= 0.6 is 23.2 Å². The summed E-state index contributed by atoms with van der Waals surface area (Å²) in [7, 11) is 1.34. The highest BCUT2D eigenvalue weighted by Crippen LogP contribution is 2.31. The fourth-order valence-corrected chi connectivity index (χ4v) is 1.63. The number of esters is 1. The Hall–Kier alpha value is -0.730. The van der Waals surface area contributed by atoms with Crippen molar-refractivity contribution in [1.29, 1.82) is 0 Å². The second kappa shape index (κ2) is 4.67. The van der Waals surface area contributed by atoms with Gasteiger partial charge in [-0.15, -0.1) is 0 Å². The van der Waals surface area contributed by atoms with Crippen LogP contribution in [-0.2, 0) is 9.53 Å². The molecule has 1 rings (SSSR count). The molecular formula is C10H10Cl2O2. The van der Waals surface area contributed by atoms with Crippen LogP contribution in [-0.4, -0.2) is 13.1 Å². The van der Waals surface area contributed by atoms with E-state index in [4.69, 9.17) is 23.2 Å². The van der Waals surface area contributed by atoms with E-state index in [1.807, 2.05) is 0 Å². The fourth-order valence-electron chi connectivity index (χ4n) is 1.16. The van der Waals surface area contributed by atoms with Gasteiger partial charge in [0.2, 0.25) is 0 Å². The molecule has 0 amide bonds. The molecule has 1 atom stereocenters. The minimum atomic E-state index is -0.397. The Balaban J connectivity index is 3.07. The summed E-state index contributed by atoms with van der Waals surface area (Å²) in [5.74, 6) is -0.722. The Bertz CT molecular complexity index is 350. The number of ether oxygens (including phenoxy) is 1. The van der Waals surface area contributed by atoms with Crippen LogP contribution in [0.1, 0.15) is 18.4 Å². The van der Waals surface area contributed by atoms with Gasteiger partial charge in [-0.2, -0.15) is 0 Å². The van der Waals surface area contributed by atoms with Gasteiger partial charge in [-0.3, -0.25) is 4.79 Å². The highest BCUT2D eigenvalue weighted by molar-refractivity contribution is 6.42. The fraction of sp³-hybridized carbons (Fsp3) is 0.300. The smallest absolute Gasteiger partial charge is 0.312 e. The second-order valence-electron chi connectivity index (χ2n) is 2.89. The largest absolute Gasteiger partial charge is 0.469 e. The number of rotatable bonds is 2. The molecule has 0 fully saturated rings. The Morgan fingerprint density at radius 3 is 2.64 bits per heavy atom. The minimum absolute atomic E-state index is 0.325. The molecule has 0 bridgehead atoms. The molecule has 0 N–H and O–H groups in total. The van der Waals surface area contributed by atoms with Gasteiger partial charge in [0.05, 0.1) is 23.1 Å². The molecule has 0 saturated heterocycles. The third kappa shape index (κ3) is 2.20. The molecule has 4 heteroatoms. The first-order valence-corrected chi connectivity index (χ1v) is 4.85. The molecule has 1 aromatic rings. The third-order valence-corrected chi connectivity index (χ3v) is 2.84. The third-order valence-electron chi connectivity index (χ3n) is 2.00. The van der Waals surface area contributed by atoms with Crippen LogP contribution in [0.25, 0.3) is 0 Å². The SMILES string of the molecule is COC(=O)C(C)c1cccc(Cl)c1Cl. The molecule has 0 radical (unpaired) electrons. The van der Waals surface area contributed by atoms with Crippen LogP contribution in [0.5, 0.6) is 0 Å². The molecule has 0 spiro atoms. The first kappa shape index (κ1) is 11.3. The number of halogens is 2. The van der Waals surface area contributed by atoms with Crippen molar-refractivity contribution in [3.05, 3.63) is 33.8 Å². The Morgan fingerprint density at radius 1 is 1.43 bits per heavy atom. The van der Waals surface area contributed by atoms with Crippen molar-refractivity contribution in [3.8, 4) is 0 Å². The molecule has 0 saturated carbocycles. The lowest BCUT2D eigenvalue weighted by atomic mass is 10.0. The topological polar surface area (TPSA) is 26.3 Å². The summed E-state index contributed by atoms with van der Waals surface area (Å²) < 4.78 is 4.62. The number of benzene rings is 1. The zero-order valence-corrected chi connectivity index (χ0v) is 9.39. The van der Waals surface area contributed by atoms with Crippen molar-refractivity contribution in [2.24, 2.45) is 0 Å². The van der Waals surface area contributed by atoms with E-state index in [1.165, 1.54) is 7.11 Å². The zero-order valence-electron chi connectivity index (χ0n) is 7.88. The molecule has 0 aromatic heterocycles. The van der Waals surface area contributed by atoms with Crippen molar-refractivity contribution < 1.29 is 9.53 Å². The number of methoxy groups -OCH3 is 1. The van der Waals surface area contributed by atoms with Gasteiger partial charge in [-0.05, 0) is 18.6 Å². The normalized spacial score (nSPS) is 12.3. The standard InChI is InChI=1S/C10H10Cl2O2/c1-6(10(13)14-2)7-4-3-5-8(11)9(7)12/h3-6H,1-2H3. The lowest BCUT2D eigenvalue weighted by molar-refractivity contribution is -0.141. The number of carbonyl (C=O) groups is 1.